The van der Waals surface area contributed by atoms with Crippen LogP contribution in [0.15, 0.2) is 48.7 Å². The molecule has 1 aromatic carbocycles. The summed E-state index contributed by atoms with van der Waals surface area (Å²) in [5.41, 5.74) is 1.59. The van der Waals surface area contributed by atoms with Gasteiger partial charge in [-0.1, -0.05) is 29.8 Å². The Kier molecular flexibility index (Phi) is 2.91. The van der Waals surface area contributed by atoms with Gasteiger partial charge in [0.2, 0.25) is 0 Å². The number of nitrogens with zero attached hydrogens (tertiary/aromatic N) is 3. The second-order valence-corrected chi connectivity index (χ2v) is 5.57. The molecule has 1 aliphatic heterocycles. The van der Waals surface area contributed by atoms with E-state index in [-0.39, 0.29) is 5.91 Å². The van der Waals surface area contributed by atoms with Crippen molar-refractivity contribution >= 4 is 34.7 Å². The summed E-state index contributed by atoms with van der Waals surface area (Å²) in [6.07, 6.45) is 1.70. The molecule has 0 N–H and O–H groups in total. The van der Waals surface area contributed by atoms with Crippen LogP contribution in [-0.2, 0) is 4.79 Å². The summed E-state index contributed by atoms with van der Waals surface area (Å²) in [5.74, 6) is 0.502. The van der Waals surface area contributed by atoms with E-state index in [0.717, 1.165) is 11.4 Å². The lowest BCUT2D eigenvalue weighted by atomic mass is 10.1. The summed E-state index contributed by atoms with van der Waals surface area (Å²) >= 11 is 6.54. The van der Waals surface area contributed by atoms with Crippen molar-refractivity contribution in [2.75, 3.05) is 16.8 Å². The molecule has 3 rings (SSSR count). The van der Waals surface area contributed by atoms with Gasteiger partial charge in [-0.05, 0) is 31.2 Å². The fourth-order valence-electron chi connectivity index (χ4n) is 2.47. The van der Waals surface area contributed by atoms with Gasteiger partial charge in [0.25, 0.3) is 5.91 Å². The third-order valence-electron chi connectivity index (χ3n) is 3.47. The molecule has 4 nitrogen and oxygen atoms in total. The lowest BCUT2D eigenvalue weighted by Gasteiger charge is -2.44. The first-order chi connectivity index (χ1) is 9.53. The number of carbonyl (C=O) groups excluding carboxylic acids is 1. The van der Waals surface area contributed by atoms with E-state index in [2.05, 4.69) is 4.98 Å². The van der Waals surface area contributed by atoms with E-state index in [1.165, 1.54) is 0 Å². The van der Waals surface area contributed by atoms with E-state index >= 15 is 0 Å². The molecule has 0 saturated heterocycles. The average molecular weight is 288 g/mol. The molecule has 0 radical (unpaired) electrons. The Bertz CT molecular complexity index is 657. The number of carbonyl (C=O) groups is 1. The first kappa shape index (κ1) is 12.9. The molecule has 1 atom stereocenters. The van der Waals surface area contributed by atoms with Crippen molar-refractivity contribution in [2.45, 2.75) is 11.9 Å². The summed E-state index contributed by atoms with van der Waals surface area (Å²) in [5, 5.41) is 0. The number of pyridine rings is 1. The highest BCUT2D eigenvalue weighted by Crippen LogP contribution is 2.44. The third-order valence-corrected chi connectivity index (χ3v) is 3.80. The molecule has 1 aromatic heterocycles. The molecule has 102 valence electrons. The number of alkyl halides is 1. The Balaban J connectivity index is 2.26. The molecule has 5 heteroatoms. The minimum atomic E-state index is -1.20. The topological polar surface area (TPSA) is 36.4 Å². The Morgan fingerprint density at radius 2 is 1.85 bits per heavy atom. The molecule has 0 bridgehead atoms. The maximum absolute atomic E-state index is 12.5. The number of aromatic nitrogens is 1. The van der Waals surface area contributed by atoms with Crippen LogP contribution in [0.25, 0.3) is 0 Å². The molecule has 20 heavy (non-hydrogen) atoms. The summed E-state index contributed by atoms with van der Waals surface area (Å²) in [7, 11) is 1.71. The van der Waals surface area contributed by atoms with Gasteiger partial charge in [0.1, 0.15) is 0 Å². The van der Waals surface area contributed by atoms with E-state index in [1.807, 2.05) is 42.5 Å². The molecule has 1 unspecified atom stereocenters. The van der Waals surface area contributed by atoms with Crippen LogP contribution in [0.3, 0.4) is 0 Å². The van der Waals surface area contributed by atoms with E-state index in [4.69, 9.17) is 11.6 Å². The van der Waals surface area contributed by atoms with Crippen LogP contribution >= 0.6 is 11.6 Å². The van der Waals surface area contributed by atoms with Crippen molar-refractivity contribution in [1.29, 1.82) is 0 Å². The molecule has 0 spiro atoms. The number of hydrogen-bond donors (Lipinski definition) is 0. The minimum Gasteiger partial charge on any atom is -0.309 e. The van der Waals surface area contributed by atoms with Gasteiger partial charge >= 0.3 is 0 Å². The highest BCUT2D eigenvalue weighted by molar-refractivity contribution is 6.39. The first-order valence-electron chi connectivity index (χ1n) is 6.31. The Hall–Kier alpha value is -2.07. The molecule has 0 aliphatic carbocycles. The van der Waals surface area contributed by atoms with Crippen molar-refractivity contribution < 1.29 is 4.79 Å². The number of para-hydroxylation sites is 1. The minimum absolute atomic E-state index is 0.177. The molecule has 1 amide bonds. The standard InChI is InChI=1S/C15H14ClN3O/c1-15(16)14(20)18(2)12-9-6-10-17-13(12)19(15)11-7-4-3-5-8-11/h3-10H,1-2H3. The number of rotatable bonds is 1. The number of halogens is 1. The fraction of sp³-hybridized carbons (Fsp3) is 0.200. The molecule has 0 fully saturated rings. The highest BCUT2D eigenvalue weighted by Gasteiger charge is 2.47. The van der Waals surface area contributed by atoms with Crippen LogP contribution < -0.4 is 9.80 Å². The second-order valence-electron chi connectivity index (χ2n) is 4.83. The van der Waals surface area contributed by atoms with Crippen molar-refractivity contribution in [3.8, 4) is 0 Å². The average Bonchev–Trinajstić information content (AvgIpc) is 2.46. The van der Waals surface area contributed by atoms with Crippen LogP contribution in [0.1, 0.15) is 6.92 Å². The van der Waals surface area contributed by atoms with Gasteiger partial charge in [-0.15, -0.1) is 0 Å². The summed E-state index contributed by atoms with van der Waals surface area (Å²) < 4.78 is 0. The molecule has 0 saturated carbocycles. The predicted octanol–water partition coefficient (Wildman–Crippen LogP) is 3.15. The van der Waals surface area contributed by atoms with Crippen LogP contribution in [0.4, 0.5) is 17.2 Å². The Morgan fingerprint density at radius 1 is 1.15 bits per heavy atom. The van der Waals surface area contributed by atoms with Gasteiger partial charge in [-0.2, -0.15) is 0 Å². The van der Waals surface area contributed by atoms with E-state index in [0.29, 0.717) is 5.82 Å². The zero-order valence-corrected chi connectivity index (χ0v) is 12.0. The summed E-state index contributed by atoms with van der Waals surface area (Å²) in [4.78, 5) is 19.0. The van der Waals surface area contributed by atoms with Gasteiger partial charge < -0.3 is 4.90 Å². The zero-order valence-electron chi connectivity index (χ0n) is 11.2. The van der Waals surface area contributed by atoms with Crippen molar-refractivity contribution in [2.24, 2.45) is 0 Å². The largest absolute Gasteiger partial charge is 0.309 e. The number of anilines is 3. The lowest BCUT2D eigenvalue weighted by molar-refractivity contribution is -0.120. The smallest absolute Gasteiger partial charge is 0.268 e. The maximum atomic E-state index is 12.5. The summed E-state index contributed by atoms with van der Waals surface area (Å²) in [6, 6.07) is 13.2. The lowest BCUT2D eigenvalue weighted by Crippen LogP contribution is -2.56. The highest BCUT2D eigenvalue weighted by atomic mass is 35.5. The fourth-order valence-corrected chi connectivity index (χ4v) is 2.78. The van der Waals surface area contributed by atoms with E-state index in [1.54, 1.807) is 30.0 Å². The normalized spacial score (nSPS) is 21.9. The van der Waals surface area contributed by atoms with Crippen LogP contribution in [-0.4, -0.2) is 22.9 Å². The molecule has 2 heterocycles. The van der Waals surface area contributed by atoms with Crippen molar-refractivity contribution in [3.05, 3.63) is 48.7 Å². The predicted molar refractivity (Wildman–Crippen MR) is 80.5 cm³/mol. The number of fused-ring (bicyclic) bond motifs is 1. The SMILES string of the molecule is CN1C(=O)C(C)(Cl)N(c2ccccc2)c2ncccc21. The summed E-state index contributed by atoms with van der Waals surface area (Å²) in [6.45, 7) is 1.69. The first-order valence-corrected chi connectivity index (χ1v) is 6.68. The number of amides is 1. The van der Waals surface area contributed by atoms with Gasteiger partial charge in [0.05, 0.1) is 5.69 Å². The quantitative estimate of drug-likeness (QED) is 0.597. The maximum Gasteiger partial charge on any atom is 0.268 e. The molecular weight excluding hydrogens is 274 g/mol. The van der Waals surface area contributed by atoms with Gasteiger partial charge in [-0.25, -0.2) is 4.98 Å². The van der Waals surface area contributed by atoms with Crippen molar-refractivity contribution in [3.63, 3.8) is 0 Å². The Morgan fingerprint density at radius 3 is 2.55 bits per heavy atom. The van der Waals surface area contributed by atoms with Gasteiger partial charge in [0.15, 0.2) is 10.8 Å². The number of hydrogen-bond acceptors (Lipinski definition) is 3. The van der Waals surface area contributed by atoms with Crippen molar-refractivity contribution in [1.82, 2.24) is 4.98 Å². The van der Waals surface area contributed by atoms with Gasteiger partial charge in [0, 0.05) is 18.9 Å². The third kappa shape index (κ3) is 1.76. The van der Waals surface area contributed by atoms with E-state index < -0.39 is 5.00 Å². The Labute approximate surface area is 122 Å². The molecule has 1 aliphatic rings. The van der Waals surface area contributed by atoms with E-state index in [9.17, 15) is 4.79 Å². The van der Waals surface area contributed by atoms with Crippen LogP contribution in [0.5, 0.6) is 0 Å². The van der Waals surface area contributed by atoms with Crippen LogP contribution in [0.2, 0.25) is 0 Å². The van der Waals surface area contributed by atoms with Crippen LogP contribution in [0, 0.1) is 0 Å². The molecule has 2 aromatic rings. The number of benzene rings is 1. The monoisotopic (exact) mass is 287 g/mol. The second kappa shape index (κ2) is 4.49. The van der Waals surface area contributed by atoms with Gasteiger partial charge in [-0.3, -0.25) is 9.69 Å². The zero-order chi connectivity index (χ0) is 14.3. The number of likely N-dealkylation sites (N-methyl/N-ethyl adjacent to an activating group) is 1. The molecular formula is C15H14ClN3O.